The summed E-state index contributed by atoms with van der Waals surface area (Å²) in [4.78, 5) is 14.7. The number of hydrogen-bond donors (Lipinski definition) is 1. The van der Waals surface area contributed by atoms with E-state index in [4.69, 9.17) is 5.10 Å². The maximum absolute atomic E-state index is 12.6. The van der Waals surface area contributed by atoms with Gasteiger partial charge < -0.3 is 0 Å². The predicted molar refractivity (Wildman–Crippen MR) is 125 cm³/mol. The highest BCUT2D eigenvalue weighted by Gasteiger charge is 2.17. The molecule has 1 amide bonds. The lowest BCUT2D eigenvalue weighted by Crippen LogP contribution is -2.16. The van der Waals surface area contributed by atoms with Crippen molar-refractivity contribution in [3.8, 4) is 16.9 Å². The van der Waals surface area contributed by atoms with Gasteiger partial charge in [-0.1, -0.05) is 48.5 Å². The molecule has 2 heterocycles. The average molecular weight is 427 g/mol. The van der Waals surface area contributed by atoms with Gasteiger partial charge in [-0.2, -0.15) is 10.2 Å². The second kappa shape index (κ2) is 8.70. The predicted octanol–water partition coefficient (Wildman–Crippen LogP) is 5.24. The molecule has 5 nitrogen and oxygen atoms in total. The second-order valence-corrected chi connectivity index (χ2v) is 8.68. The SMILES string of the molecule is O=C(NN=Cc1cn(-c2ccccc2)nc1-c1ccccc1)c1cc2c(s1)CCCC2. The molecule has 2 aromatic carbocycles. The van der Waals surface area contributed by atoms with Crippen LogP contribution in [0.25, 0.3) is 16.9 Å². The molecule has 4 aromatic rings. The van der Waals surface area contributed by atoms with E-state index in [1.54, 1.807) is 17.6 Å². The molecule has 0 radical (unpaired) electrons. The molecule has 0 fully saturated rings. The minimum Gasteiger partial charge on any atom is -0.266 e. The Bertz CT molecular complexity index is 1200. The summed E-state index contributed by atoms with van der Waals surface area (Å²) in [6.07, 6.45) is 8.16. The van der Waals surface area contributed by atoms with Crippen LogP contribution in [0.15, 0.2) is 78.0 Å². The highest BCUT2D eigenvalue weighted by atomic mass is 32.1. The number of aromatic nitrogens is 2. The molecule has 0 atom stereocenters. The third kappa shape index (κ3) is 4.20. The summed E-state index contributed by atoms with van der Waals surface area (Å²) in [5, 5.41) is 9.01. The van der Waals surface area contributed by atoms with Crippen LogP contribution in [0.5, 0.6) is 0 Å². The number of aryl methyl sites for hydroxylation is 2. The second-order valence-electron chi connectivity index (χ2n) is 7.54. The van der Waals surface area contributed by atoms with Gasteiger partial charge >= 0.3 is 0 Å². The summed E-state index contributed by atoms with van der Waals surface area (Å²) in [5.74, 6) is -0.160. The monoisotopic (exact) mass is 426 g/mol. The average Bonchev–Trinajstić information content (AvgIpc) is 3.45. The number of hydrazone groups is 1. The lowest BCUT2D eigenvalue weighted by atomic mass is 9.99. The van der Waals surface area contributed by atoms with Crippen LogP contribution >= 0.6 is 11.3 Å². The van der Waals surface area contributed by atoms with Gasteiger partial charge in [0.25, 0.3) is 5.91 Å². The number of rotatable bonds is 5. The molecule has 0 saturated carbocycles. The van der Waals surface area contributed by atoms with E-state index >= 15 is 0 Å². The number of benzene rings is 2. The van der Waals surface area contributed by atoms with Gasteiger partial charge in [0, 0.05) is 22.2 Å². The first-order valence-corrected chi connectivity index (χ1v) is 11.2. The summed E-state index contributed by atoms with van der Waals surface area (Å²) >= 11 is 1.59. The Hall–Kier alpha value is -3.51. The lowest BCUT2D eigenvalue weighted by Gasteiger charge is -2.08. The van der Waals surface area contributed by atoms with E-state index < -0.39 is 0 Å². The Morgan fingerprint density at radius 2 is 1.77 bits per heavy atom. The molecular formula is C25H22N4OS. The summed E-state index contributed by atoms with van der Waals surface area (Å²) in [7, 11) is 0. The van der Waals surface area contributed by atoms with E-state index in [2.05, 4.69) is 10.5 Å². The third-order valence-corrected chi connectivity index (χ3v) is 6.64. The number of nitrogens with zero attached hydrogens (tertiary/aromatic N) is 3. The minimum absolute atomic E-state index is 0.160. The zero-order valence-corrected chi connectivity index (χ0v) is 17.8. The fourth-order valence-electron chi connectivity index (χ4n) is 3.83. The van der Waals surface area contributed by atoms with Gasteiger partial charge in [-0.15, -0.1) is 11.3 Å². The Balaban J connectivity index is 1.40. The maximum Gasteiger partial charge on any atom is 0.281 e. The van der Waals surface area contributed by atoms with Gasteiger partial charge in [-0.05, 0) is 49.4 Å². The molecule has 31 heavy (non-hydrogen) atoms. The van der Waals surface area contributed by atoms with Crippen LogP contribution < -0.4 is 5.43 Å². The molecule has 6 heteroatoms. The van der Waals surface area contributed by atoms with E-state index in [9.17, 15) is 4.79 Å². The van der Waals surface area contributed by atoms with Crippen molar-refractivity contribution in [2.75, 3.05) is 0 Å². The number of nitrogens with one attached hydrogen (secondary N) is 1. The number of thiophene rings is 1. The maximum atomic E-state index is 12.6. The molecule has 1 aliphatic rings. The standard InChI is InChI=1S/C25H22N4OS/c30-25(23-15-19-11-7-8-14-22(19)31-23)27-26-16-20-17-29(21-12-5-2-6-13-21)28-24(20)18-9-3-1-4-10-18/h1-6,9-10,12-13,15-17H,7-8,11,14H2,(H,27,30). The van der Waals surface area contributed by atoms with Crippen molar-refractivity contribution in [3.05, 3.63) is 93.8 Å². The quantitative estimate of drug-likeness (QED) is 0.350. The summed E-state index contributed by atoms with van der Waals surface area (Å²) in [5.41, 5.74) is 7.62. The lowest BCUT2D eigenvalue weighted by molar-refractivity contribution is 0.0959. The van der Waals surface area contributed by atoms with Crippen LogP contribution in [0.2, 0.25) is 0 Å². The number of amides is 1. The van der Waals surface area contributed by atoms with E-state index in [0.29, 0.717) is 0 Å². The van der Waals surface area contributed by atoms with Crippen LogP contribution in [-0.4, -0.2) is 21.9 Å². The normalized spacial score (nSPS) is 13.3. The molecule has 154 valence electrons. The van der Waals surface area contributed by atoms with Gasteiger partial charge in [0.2, 0.25) is 0 Å². The molecule has 2 aromatic heterocycles. The van der Waals surface area contributed by atoms with Crippen LogP contribution in [0.3, 0.4) is 0 Å². The number of fused-ring (bicyclic) bond motifs is 1. The van der Waals surface area contributed by atoms with Crippen molar-refractivity contribution in [2.45, 2.75) is 25.7 Å². The Morgan fingerprint density at radius 1 is 1.03 bits per heavy atom. The van der Waals surface area contributed by atoms with Crippen molar-refractivity contribution >= 4 is 23.5 Å². The molecule has 0 bridgehead atoms. The molecule has 0 unspecified atom stereocenters. The first-order valence-electron chi connectivity index (χ1n) is 10.4. The fourth-order valence-corrected chi connectivity index (χ4v) is 4.98. The van der Waals surface area contributed by atoms with E-state index in [1.807, 2.05) is 77.6 Å². The Morgan fingerprint density at radius 3 is 2.55 bits per heavy atom. The van der Waals surface area contributed by atoms with E-state index in [1.165, 1.54) is 23.3 Å². The largest absolute Gasteiger partial charge is 0.281 e. The molecule has 1 aliphatic carbocycles. The zero-order valence-electron chi connectivity index (χ0n) is 17.0. The van der Waals surface area contributed by atoms with Crippen LogP contribution in [0.4, 0.5) is 0 Å². The first kappa shape index (κ1) is 19.5. The molecule has 0 saturated heterocycles. The van der Waals surface area contributed by atoms with Crippen LogP contribution in [0, 0.1) is 0 Å². The van der Waals surface area contributed by atoms with Crippen molar-refractivity contribution < 1.29 is 4.79 Å². The number of hydrogen-bond acceptors (Lipinski definition) is 4. The zero-order chi connectivity index (χ0) is 21.0. The third-order valence-electron chi connectivity index (χ3n) is 5.40. The highest BCUT2D eigenvalue weighted by molar-refractivity contribution is 7.14. The number of carbonyl (C=O) groups excluding carboxylic acids is 1. The van der Waals surface area contributed by atoms with Gasteiger partial charge in [-0.25, -0.2) is 10.1 Å². The fraction of sp³-hybridized carbons (Fsp3) is 0.160. The molecular weight excluding hydrogens is 404 g/mol. The van der Waals surface area contributed by atoms with Crippen molar-refractivity contribution in [1.29, 1.82) is 0 Å². The molecule has 5 rings (SSSR count). The van der Waals surface area contributed by atoms with Crippen LogP contribution in [-0.2, 0) is 12.8 Å². The van der Waals surface area contributed by atoms with Crippen LogP contribution in [0.1, 0.15) is 38.5 Å². The van der Waals surface area contributed by atoms with Crippen molar-refractivity contribution in [3.63, 3.8) is 0 Å². The Labute approximate surface area is 185 Å². The smallest absolute Gasteiger partial charge is 0.266 e. The summed E-state index contributed by atoms with van der Waals surface area (Å²) in [6.45, 7) is 0. The summed E-state index contributed by atoms with van der Waals surface area (Å²) < 4.78 is 1.83. The molecule has 0 aliphatic heterocycles. The topological polar surface area (TPSA) is 59.3 Å². The minimum atomic E-state index is -0.160. The first-order chi connectivity index (χ1) is 15.3. The van der Waals surface area contributed by atoms with Crippen molar-refractivity contribution in [1.82, 2.24) is 15.2 Å². The van der Waals surface area contributed by atoms with Gasteiger partial charge in [-0.3, -0.25) is 4.79 Å². The van der Waals surface area contributed by atoms with Gasteiger partial charge in [0.15, 0.2) is 0 Å². The summed E-state index contributed by atoms with van der Waals surface area (Å²) in [6, 6.07) is 21.9. The molecule has 0 spiro atoms. The van der Waals surface area contributed by atoms with Gasteiger partial charge in [0.05, 0.1) is 16.8 Å². The molecule has 1 N–H and O–H groups in total. The van der Waals surface area contributed by atoms with E-state index in [0.717, 1.165) is 40.2 Å². The number of carbonyl (C=O) groups is 1. The van der Waals surface area contributed by atoms with Gasteiger partial charge in [0.1, 0.15) is 5.69 Å². The van der Waals surface area contributed by atoms with Crippen molar-refractivity contribution in [2.24, 2.45) is 5.10 Å². The highest BCUT2D eigenvalue weighted by Crippen LogP contribution is 2.29. The number of para-hydroxylation sites is 1. The van der Waals surface area contributed by atoms with E-state index in [-0.39, 0.29) is 5.91 Å². The Kier molecular flexibility index (Phi) is 5.46.